The first-order chi connectivity index (χ1) is 11.1. The van der Waals surface area contributed by atoms with Crippen LogP contribution >= 0.6 is 11.6 Å². The van der Waals surface area contributed by atoms with Crippen LogP contribution in [-0.4, -0.2) is 36.2 Å². The van der Waals surface area contributed by atoms with Crippen molar-refractivity contribution in [2.75, 3.05) is 26.2 Å². The molecule has 1 saturated heterocycles. The summed E-state index contributed by atoms with van der Waals surface area (Å²) in [6.07, 6.45) is 2.62. The monoisotopic (exact) mass is 331 g/mol. The zero-order valence-corrected chi connectivity index (χ0v) is 14.1. The summed E-state index contributed by atoms with van der Waals surface area (Å²) in [7, 11) is 0. The number of hydrogen-bond donors (Lipinski definition) is 1. The fourth-order valence-electron chi connectivity index (χ4n) is 3.01. The Bertz CT molecular complexity index is 664. The van der Waals surface area contributed by atoms with Crippen LogP contribution in [0.3, 0.4) is 0 Å². The SMILES string of the molecule is Cc1cc(O)c(Cl)cc1-c1ccc(OCCN2CCCC2)cc1. The molecule has 1 aliphatic rings. The van der Waals surface area contributed by atoms with Crippen molar-refractivity contribution in [1.82, 2.24) is 4.90 Å². The molecule has 1 N–H and O–H groups in total. The van der Waals surface area contributed by atoms with Crippen LogP contribution < -0.4 is 4.74 Å². The van der Waals surface area contributed by atoms with E-state index in [1.165, 1.54) is 25.9 Å². The van der Waals surface area contributed by atoms with Gasteiger partial charge in [0.1, 0.15) is 18.1 Å². The quantitative estimate of drug-likeness (QED) is 0.875. The molecule has 0 unspecified atom stereocenters. The third kappa shape index (κ3) is 3.98. The Morgan fingerprint density at radius 1 is 1.13 bits per heavy atom. The predicted octanol–water partition coefficient (Wildman–Crippen LogP) is 4.50. The van der Waals surface area contributed by atoms with Crippen molar-refractivity contribution in [3.8, 4) is 22.6 Å². The Morgan fingerprint density at radius 2 is 1.83 bits per heavy atom. The molecule has 0 aromatic heterocycles. The molecule has 2 aromatic carbocycles. The number of phenolic OH excluding ortho intramolecular Hbond substituents is 1. The molecule has 1 aliphatic heterocycles. The maximum absolute atomic E-state index is 9.65. The van der Waals surface area contributed by atoms with E-state index in [2.05, 4.69) is 4.90 Å². The average Bonchev–Trinajstić information content (AvgIpc) is 3.05. The Balaban J connectivity index is 1.63. The number of hydrogen-bond acceptors (Lipinski definition) is 3. The molecule has 0 spiro atoms. The zero-order chi connectivity index (χ0) is 16.2. The largest absolute Gasteiger partial charge is 0.506 e. The van der Waals surface area contributed by atoms with Gasteiger partial charge in [0.2, 0.25) is 0 Å². The molecule has 23 heavy (non-hydrogen) atoms. The van der Waals surface area contributed by atoms with E-state index in [1.807, 2.05) is 31.2 Å². The fraction of sp³-hybridized carbons (Fsp3) is 0.368. The first kappa shape index (κ1) is 16.2. The zero-order valence-electron chi connectivity index (χ0n) is 13.4. The van der Waals surface area contributed by atoms with E-state index in [0.717, 1.165) is 35.6 Å². The maximum atomic E-state index is 9.65. The van der Waals surface area contributed by atoms with Crippen molar-refractivity contribution in [2.45, 2.75) is 19.8 Å². The van der Waals surface area contributed by atoms with E-state index >= 15 is 0 Å². The first-order valence-electron chi connectivity index (χ1n) is 8.08. The molecule has 0 radical (unpaired) electrons. The van der Waals surface area contributed by atoms with Gasteiger partial charge in [-0.25, -0.2) is 0 Å². The van der Waals surface area contributed by atoms with Crippen LogP contribution in [0.25, 0.3) is 11.1 Å². The van der Waals surface area contributed by atoms with Gasteiger partial charge in [-0.2, -0.15) is 0 Å². The predicted molar refractivity (Wildman–Crippen MR) is 94.5 cm³/mol. The number of rotatable bonds is 5. The molecule has 0 bridgehead atoms. The summed E-state index contributed by atoms with van der Waals surface area (Å²) in [5.74, 6) is 1.00. The molecular weight excluding hydrogens is 310 g/mol. The summed E-state index contributed by atoms with van der Waals surface area (Å²) >= 11 is 6.02. The summed E-state index contributed by atoms with van der Waals surface area (Å²) < 4.78 is 5.82. The van der Waals surface area contributed by atoms with E-state index in [1.54, 1.807) is 12.1 Å². The summed E-state index contributed by atoms with van der Waals surface area (Å²) in [6.45, 7) is 6.08. The van der Waals surface area contributed by atoms with Crippen LogP contribution in [0, 0.1) is 6.92 Å². The molecule has 3 rings (SSSR count). The highest BCUT2D eigenvalue weighted by atomic mass is 35.5. The molecule has 1 fully saturated rings. The van der Waals surface area contributed by atoms with Gasteiger partial charge >= 0.3 is 0 Å². The van der Waals surface area contributed by atoms with E-state index in [0.29, 0.717) is 5.02 Å². The third-order valence-electron chi connectivity index (χ3n) is 4.33. The number of aromatic hydroxyl groups is 1. The number of aryl methyl sites for hydroxylation is 1. The van der Waals surface area contributed by atoms with Crippen LogP contribution in [0.2, 0.25) is 5.02 Å². The normalized spacial score (nSPS) is 15.0. The molecule has 4 heteroatoms. The number of phenols is 1. The number of halogens is 1. The standard InChI is InChI=1S/C19H22ClNO2/c1-14-12-19(22)18(20)13-17(14)15-4-6-16(7-5-15)23-11-10-21-8-2-3-9-21/h4-7,12-13,22H,2-3,8-11H2,1H3. The molecule has 0 amide bonds. The smallest absolute Gasteiger partial charge is 0.134 e. The minimum absolute atomic E-state index is 0.120. The maximum Gasteiger partial charge on any atom is 0.134 e. The lowest BCUT2D eigenvalue weighted by atomic mass is 10.0. The highest BCUT2D eigenvalue weighted by Gasteiger charge is 2.11. The molecule has 122 valence electrons. The molecule has 0 saturated carbocycles. The second-order valence-corrected chi connectivity index (χ2v) is 6.45. The Morgan fingerprint density at radius 3 is 2.52 bits per heavy atom. The van der Waals surface area contributed by atoms with Gasteiger partial charge < -0.3 is 9.84 Å². The molecular formula is C19H22ClNO2. The summed E-state index contributed by atoms with van der Waals surface area (Å²) in [5, 5.41) is 10.0. The molecule has 3 nitrogen and oxygen atoms in total. The van der Waals surface area contributed by atoms with Crippen LogP contribution in [0.5, 0.6) is 11.5 Å². The molecule has 2 aromatic rings. The second-order valence-electron chi connectivity index (χ2n) is 6.04. The number of likely N-dealkylation sites (tertiary alicyclic amines) is 1. The lowest BCUT2D eigenvalue weighted by molar-refractivity contribution is 0.238. The summed E-state index contributed by atoms with van der Waals surface area (Å²) in [4.78, 5) is 2.44. The molecule has 0 aliphatic carbocycles. The van der Waals surface area contributed by atoms with Crippen LogP contribution in [0.1, 0.15) is 18.4 Å². The van der Waals surface area contributed by atoms with Crippen molar-refractivity contribution in [1.29, 1.82) is 0 Å². The molecule has 0 atom stereocenters. The van der Waals surface area contributed by atoms with Crippen molar-refractivity contribution in [3.63, 3.8) is 0 Å². The lowest BCUT2D eigenvalue weighted by Crippen LogP contribution is -2.25. The first-order valence-corrected chi connectivity index (χ1v) is 8.46. The lowest BCUT2D eigenvalue weighted by Gasteiger charge is -2.15. The Hall–Kier alpha value is -1.71. The number of nitrogens with zero attached hydrogens (tertiary/aromatic N) is 1. The van der Waals surface area contributed by atoms with Gasteiger partial charge in [0.15, 0.2) is 0 Å². The minimum Gasteiger partial charge on any atom is -0.506 e. The van der Waals surface area contributed by atoms with Crippen molar-refractivity contribution >= 4 is 11.6 Å². The summed E-state index contributed by atoms with van der Waals surface area (Å²) in [5.41, 5.74) is 3.09. The number of benzene rings is 2. The van der Waals surface area contributed by atoms with Crippen molar-refractivity contribution in [3.05, 3.63) is 47.0 Å². The highest BCUT2D eigenvalue weighted by molar-refractivity contribution is 6.32. The summed E-state index contributed by atoms with van der Waals surface area (Å²) in [6, 6.07) is 11.5. The Kier molecular flexibility index (Phi) is 5.09. The van der Waals surface area contributed by atoms with Crippen molar-refractivity contribution in [2.24, 2.45) is 0 Å². The van der Waals surface area contributed by atoms with Gasteiger partial charge in [-0.3, -0.25) is 4.90 Å². The van der Waals surface area contributed by atoms with Gasteiger partial charge in [-0.15, -0.1) is 0 Å². The van der Waals surface area contributed by atoms with E-state index < -0.39 is 0 Å². The second kappa shape index (κ2) is 7.24. The Labute approximate surface area is 142 Å². The third-order valence-corrected chi connectivity index (χ3v) is 4.64. The van der Waals surface area contributed by atoms with Crippen molar-refractivity contribution < 1.29 is 9.84 Å². The van der Waals surface area contributed by atoms with E-state index in [4.69, 9.17) is 16.3 Å². The van der Waals surface area contributed by atoms with Crippen LogP contribution in [0.4, 0.5) is 0 Å². The minimum atomic E-state index is 0.120. The average molecular weight is 332 g/mol. The van der Waals surface area contributed by atoms with Gasteiger partial charge in [0.05, 0.1) is 5.02 Å². The van der Waals surface area contributed by atoms with E-state index in [-0.39, 0.29) is 5.75 Å². The van der Waals surface area contributed by atoms with Gasteiger partial charge in [0.25, 0.3) is 0 Å². The fourth-order valence-corrected chi connectivity index (χ4v) is 3.17. The highest BCUT2D eigenvalue weighted by Crippen LogP contribution is 2.33. The molecule has 1 heterocycles. The van der Waals surface area contributed by atoms with Crippen LogP contribution in [-0.2, 0) is 0 Å². The van der Waals surface area contributed by atoms with Gasteiger partial charge in [0, 0.05) is 6.54 Å². The van der Waals surface area contributed by atoms with E-state index in [9.17, 15) is 5.11 Å². The van der Waals surface area contributed by atoms with Crippen LogP contribution in [0.15, 0.2) is 36.4 Å². The van der Waals surface area contributed by atoms with Gasteiger partial charge in [-0.05, 0) is 73.8 Å². The van der Waals surface area contributed by atoms with Gasteiger partial charge in [-0.1, -0.05) is 23.7 Å². The number of ether oxygens (including phenoxy) is 1. The topological polar surface area (TPSA) is 32.7 Å².